The Morgan fingerprint density at radius 3 is 2.89 bits per heavy atom. The van der Waals surface area contributed by atoms with Crippen molar-refractivity contribution in [1.29, 1.82) is 5.26 Å². The number of hydrogen-bond acceptors (Lipinski definition) is 4. The predicted molar refractivity (Wildman–Crippen MR) is 73.9 cm³/mol. The Balaban J connectivity index is 1.97. The van der Waals surface area contributed by atoms with Gasteiger partial charge in [-0.25, -0.2) is 4.98 Å². The molecule has 0 atom stereocenters. The molecule has 0 saturated carbocycles. The van der Waals surface area contributed by atoms with Crippen LogP contribution in [0, 0.1) is 11.3 Å². The Morgan fingerprint density at radius 2 is 2.21 bits per heavy atom. The van der Waals surface area contributed by atoms with Crippen molar-refractivity contribution in [1.82, 2.24) is 4.98 Å². The molecule has 0 unspecified atom stereocenters. The molecule has 1 aromatic heterocycles. The van der Waals surface area contributed by atoms with Gasteiger partial charge in [-0.05, 0) is 36.8 Å². The fourth-order valence-electron chi connectivity index (χ4n) is 1.68. The smallest absolute Gasteiger partial charge is 0.140 e. The Kier molecular flexibility index (Phi) is 4.35. The van der Waals surface area contributed by atoms with Crippen molar-refractivity contribution in [2.75, 3.05) is 11.9 Å². The van der Waals surface area contributed by atoms with Crippen LogP contribution in [0.4, 0.5) is 5.69 Å². The van der Waals surface area contributed by atoms with Crippen LogP contribution in [0.3, 0.4) is 0 Å². The standard InChI is InChI=1S/C15H15N3O/c1-2-19-15-5-3-4-12(8-15)10-17-14-7-6-13(9-16)18-11-14/h3-8,11,17H,2,10H2,1H3. The maximum Gasteiger partial charge on any atom is 0.140 e. The molecule has 1 N–H and O–H groups in total. The number of nitriles is 1. The normalized spacial score (nSPS) is 9.68. The number of anilines is 1. The molecule has 96 valence electrons. The Bertz CT molecular complexity index is 573. The molecule has 2 aromatic rings. The molecule has 0 spiro atoms. The van der Waals surface area contributed by atoms with E-state index in [-0.39, 0.29) is 0 Å². The second-order valence-corrected chi connectivity index (χ2v) is 3.98. The average molecular weight is 253 g/mol. The number of pyridine rings is 1. The minimum Gasteiger partial charge on any atom is -0.494 e. The van der Waals surface area contributed by atoms with Gasteiger partial charge in [-0.2, -0.15) is 5.26 Å². The lowest BCUT2D eigenvalue weighted by molar-refractivity contribution is 0.340. The van der Waals surface area contributed by atoms with Gasteiger partial charge in [-0.15, -0.1) is 0 Å². The van der Waals surface area contributed by atoms with Gasteiger partial charge in [0.25, 0.3) is 0 Å². The van der Waals surface area contributed by atoms with Crippen LogP contribution in [0.15, 0.2) is 42.6 Å². The summed E-state index contributed by atoms with van der Waals surface area (Å²) >= 11 is 0. The summed E-state index contributed by atoms with van der Waals surface area (Å²) in [5.41, 5.74) is 2.44. The van der Waals surface area contributed by atoms with Gasteiger partial charge in [-0.1, -0.05) is 12.1 Å². The minimum atomic E-state index is 0.420. The second-order valence-electron chi connectivity index (χ2n) is 3.98. The number of nitrogens with one attached hydrogen (secondary N) is 1. The van der Waals surface area contributed by atoms with E-state index in [4.69, 9.17) is 10.00 Å². The maximum atomic E-state index is 8.67. The Hall–Kier alpha value is -2.54. The van der Waals surface area contributed by atoms with Gasteiger partial charge in [0.15, 0.2) is 0 Å². The molecule has 4 heteroatoms. The first-order valence-corrected chi connectivity index (χ1v) is 6.13. The first kappa shape index (κ1) is 12.9. The Morgan fingerprint density at radius 1 is 1.32 bits per heavy atom. The van der Waals surface area contributed by atoms with Crippen molar-refractivity contribution in [3.63, 3.8) is 0 Å². The zero-order chi connectivity index (χ0) is 13.5. The molecular weight excluding hydrogens is 238 g/mol. The van der Waals surface area contributed by atoms with Crippen molar-refractivity contribution in [2.24, 2.45) is 0 Å². The van der Waals surface area contributed by atoms with E-state index in [1.807, 2.05) is 43.3 Å². The zero-order valence-corrected chi connectivity index (χ0v) is 10.8. The molecule has 0 bridgehead atoms. The molecule has 4 nitrogen and oxygen atoms in total. The van der Waals surface area contributed by atoms with Crippen LogP contribution < -0.4 is 10.1 Å². The van der Waals surface area contributed by atoms with Crippen molar-refractivity contribution < 1.29 is 4.74 Å². The van der Waals surface area contributed by atoms with Crippen molar-refractivity contribution >= 4 is 5.69 Å². The molecule has 19 heavy (non-hydrogen) atoms. The van der Waals surface area contributed by atoms with Gasteiger partial charge in [0.1, 0.15) is 17.5 Å². The lowest BCUT2D eigenvalue weighted by atomic mass is 10.2. The summed E-state index contributed by atoms with van der Waals surface area (Å²) in [7, 11) is 0. The van der Waals surface area contributed by atoms with Gasteiger partial charge in [0.05, 0.1) is 18.5 Å². The third-order valence-electron chi connectivity index (χ3n) is 2.58. The van der Waals surface area contributed by atoms with E-state index >= 15 is 0 Å². The number of rotatable bonds is 5. The third-order valence-corrected chi connectivity index (χ3v) is 2.58. The number of ether oxygens (including phenoxy) is 1. The molecule has 0 radical (unpaired) electrons. The molecule has 0 aliphatic rings. The summed E-state index contributed by atoms with van der Waals surface area (Å²) in [5, 5.41) is 11.9. The minimum absolute atomic E-state index is 0.420. The number of nitrogens with zero attached hydrogens (tertiary/aromatic N) is 2. The fraction of sp³-hybridized carbons (Fsp3) is 0.200. The summed E-state index contributed by atoms with van der Waals surface area (Å²) in [5.74, 6) is 0.875. The molecule has 1 heterocycles. The average Bonchev–Trinajstić information content (AvgIpc) is 2.46. The van der Waals surface area contributed by atoms with E-state index < -0.39 is 0 Å². The van der Waals surface area contributed by atoms with Gasteiger partial charge in [0.2, 0.25) is 0 Å². The maximum absolute atomic E-state index is 8.67. The van der Waals surface area contributed by atoms with Crippen LogP contribution in [-0.2, 0) is 6.54 Å². The number of hydrogen-bond donors (Lipinski definition) is 1. The highest BCUT2D eigenvalue weighted by Crippen LogP contribution is 2.15. The summed E-state index contributed by atoms with van der Waals surface area (Å²) < 4.78 is 5.45. The van der Waals surface area contributed by atoms with Crippen LogP contribution in [0.25, 0.3) is 0 Å². The van der Waals surface area contributed by atoms with Crippen LogP contribution in [0.2, 0.25) is 0 Å². The molecule has 0 aliphatic carbocycles. The molecule has 0 aliphatic heterocycles. The summed E-state index contributed by atoms with van der Waals surface area (Å²) in [4.78, 5) is 4.01. The summed E-state index contributed by atoms with van der Waals surface area (Å²) in [6, 6.07) is 13.5. The SMILES string of the molecule is CCOc1cccc(CNc2ccc(C#N)nc2)c1. The molecule has 0 amide bonds. The number of aromatic nitrogens is 1. The summed E-state index contributed by atoms with van der Waals surface area (Å²) in [6.07, 6.45) is 1.66. The topological polar surface area (TPSA) is 57.9 Å². The monoisotopic (exact) mass is 253 g/mol. The van der Waals surface area contributed by atoms with Gasteiger partial charge in [0, 0.05) is 6.54 Å². The molecule has 2 rings (SSSR count). The quantitative estimate of drug-likeness (QED) is 0.890. The van der Waals surface area contributed by atoms with Crippen LogP contribution in [0.1, 0.15) is 18.2 Å². The van der Waals surface area contributed by atoms with Gasteiger partial charge >= 0.3 is 0 Å². The van der Waals surface area contributed by atoms with E-state index in [1.54, 1.807) is 12.3 Å². The van der Waals surface area contributed by atoms with E-state index in [0.717, 1.165) is 17.0 Å². The lowest BCUT2D eigenvalue weighted by Gasteiger charge is -2.08. The number of benzene rings is 1. The highest BCUT2D eigenvalue weighted by atomic mass is 16.5. The first-order chi connectivity index (χ1) is 9.31. The fourth-order valence-corrected chi connectivity index (χ4v) is 1.68. The largest absolute Gasteiger partial charge is 0.494 e. The van der Waals surface area contributed by atoms with Gasteiger partial charge < -0.3 is 10.1 Å². The van der Waals surface area contributed by atoms with Crippen LogP contribution in [-0.4, -0.2) is 11.6 Å². The van der Waals surface area contributed by atoms with Crippen molar-refractivity contribution in [3.05, 3.63) is 53.9 Å². The molecule has 0 fully saturated rings. The van der Waals surface area contributed by atoms with Crippen molar-refractivity contribution in [3.8, 4) is 11.8 Å². The summed E-state index contributed by atoms with van der Waals surface area (Å²) in [6.45, 7) is 3.32. The lowest BCUT2D eigenvalue weighted by Crippen LogP contribution is -2.00. The van der Waals surface area contributed by atoms with Crippen LogP contribution in [0.5, 0.6) is 5.75 Å². The van der Waals surface area contributed by atoms with E-state index in [1.165, 1.54) is 0 Å². The van der Waals surface area contributed by atoms with Crippen molar-refractivity contribution in [2.45, 2.75) is 13.5 Å². The van der Waals surface area contributed by atoms with E-state index in [0.29, 0.717) is 18.8 Å². The Labute approximate surface area is 112 Å². The second kappa shape index (κ2) is 6.41. The molecule has 0 saturated heterocycles. The van der Waals surface area contributed by atoms with Crippen LogP contribution >= 0.6 is 0 Å². The van der Waals surface area contributed by atoms with Gasteiger partial charge in [-0.3, -0.25) is 0 Å². The first-order valence-electron chi connectivity index (χ1n) is 6.13. The zero-order valence-electron chi connectivity index (χ0n) is 10.8. The molecule has 1 aromatic carbocycles. The predicted octanol–water partition coefficient (Wildman–Crippen LogP) is 2.96. The van der Waals surface area contributed by atoms with E-state index in [9.17, 15) is 0 Å². The highest BCUT2D eigenvalue weighted by molar-refractivity contribution is 5.43. The highest BCUT2D eigenvalue weighted by Gasteiger charge is 1.98. The molecular formula is C15H15N3O. The van der Waals surface area contributed by atoms with E-state index in [2.05, 4.69) is 10.3 Å². The third kappa shape index (κ3) is 3.71.